The van der Waals surface area contributed by atoms with E-state index >= 15 is 0 Å². The molecule has 18 heavy (non-hydrogen) atoms. The van der Waals surface area contributed by atoms with Crippen LogP contribution in [-0.2, 0) is 17.6 Å². The fourth-order valence-electron chi connectivity index (χ4n) is 2.02. The van der Waals surface area contributed by atoms with Crippen LogP contribution in [0.5, 0.6) is 0 Å². The third-order valence-corrected chi connectivity index (χ3v) is 3.24. The lowest BCUT2D eigenvalue weighted by Crippen LogP contribution is -1.93. The Balaban J connectivity index is 2.12. The first-order valence-corrected chi connectivity index (χ1v) is 6.50. The second-order valence-electron chi connectivity index (χ2n) is 4.49. The fraction of sp³-hybridized carbons (Fsp3) is 0.294. The first-order valence-electron chi connectivity index (χ1n) is 6.50. The molecule has 0 amide bonds. The van der Waals surface area contributed by atoms with Gasteiger partial charge in [-0.1, -0.05) is 55.5 Å². The minimum absolute atomic E-state index is 0.782. The van der Waals surface area contributed by atoms with Gasteiger partial charge in [-0.15, -0.1) is 0 Å². The van der Waals surface area contributed by atoms with Crippen molar-refractivity contribution < 1.29 is 4.74 Å². The van der Waals surface area contributed by atoms with Gasteiger partial charge in [0, 0.05) is 7.11 Å². The van der Waals surface area contributed by atoms with Gasteiger partial charge in [0.2, 0.25) is 0 Å². The monoisotopic (exact) mass is 240 g/mol. The van der Waals surface area contributed by atoms with Gasteiger partial charge >= 0.3 is 0 Å². The molecule has 2 aromatic carbocycles. The quantitative estimate of drug-likeness (QED) is 0.764. The van der Waals surface area contributed by atoms with E-state index in [1.165, 1.54) is 22.3 Å². The van der Waals surface area contributed by atoms with Crippen LogP contribution in [0.25, 0.3) is 11.1 Å². The summed E-state index contributed by atoms with van der Waals surface area (Å²) < 4.78 is 5.09. The topological polar surface area (TPSA) is 9.23 Å². The number of aryl methyl sites for hydroxylation is 1. The zero-order valence-electron chi connectivity index (χ0n) is 11.1. The highest BCUT2D eigenvalue weighted by molar-refractivity contribution is 5.63. The van der Waals surface area contributed by atoms with Crippen LogP contribution in [-0.4, -0.2) is 13.7 Å². The lowest BCUT2D eigenvalue weighted by molar-refractivity contribution is 0.202. The molecule has 0 bridgehead atoms. The van der Waals surface area contributed by atoms with Crippen LogP contribution in [0, 0.1) is 0 Å². The molecular formula is C17H20O. The van der Waals surface area contributed by atoms with Crippen LogP contribution in [0.15, 0.2) is 48.5 Å². The van der Waals surface area contributed by atoms with Crippen molar-refractivity contribution in [1.29, 1.82) is 0 Å². The Labute approximate surface area is 109 Å². The molecule has 0 N–H and O–H groups in total. The third-order valence-electron chi connectivity index (χ3n) is 3.24. The molecule has 0 radical (unpaired) electrons. The summed E-state index contributed by atoms with van der Waals surface area (Å²) >= 11 is 0. The maximum Gasteiger partial charge on any atom is 0.0502 e. The third kappa shape index (κ3) is 3.21. The Morgan fingerprint density at radius 2 is 1.28 bits per heavy atom. The molecule has 0 heterocycles. The smallest absolute Gasteiger partial charge is 0.0502 e. The molecule has 0 aliphatic rings. The number of ether oxygens (including phenoxy) is 1. The molecule has 0 saturated carbocycles. The molecule has 94 valence electrons. The second-order valence-corrected chi connectivity index (χ2v) is 4.49. The van der Waals surface area contributed by atoms with E-state index in [4.69, 9.17) is 4.74 Å². The lowest BCUT2D eigenvalue weighted by atomic mass is 10.0. The van der Waals surface area contributed by atoms with Gasteiger partial charge in [0.05, 0.1) is 6.61 Å². The van der Waals surface area contributed by atoms with E-state index in [0.717, 1.165) is 19.4 Å². The summed E-state index contributed by atoms with van der Waals surface area (Å²) in [6, 6.07) is 17.5. The van der Waals surface area contributed by atoms with Gasteiger partial charge in [-0.05, 0) is 35.1 Å². The maximum atomic E-state index is 5.09. The van der Waals surface area contributed by atoms with E-state index in [1.54, 1.807) is 7.11 Å². The van der Waals surface area contributed by atoms with Crippen molar-refractivity contribution in [3.8, 4) is 11.1 Å². The zero-order chi connectivity index (χ0) is 12.8. The van der Waals surface area contributed by atoms with Crippen LogP contribution in [0.1, 0.15) is 18.1 Å². The lowest BCUT2D eigenvalue weighted by Gasteiger charge is -2.05. The highest BCUT2D eigenvalue weighted by atomic mass is 16.5. The van der Waals surface area contributed by atoms with E-state index in [9.17, 15) is 0 Å². The van der Waals surface area contributed by atoms with Gasteiger partial charge in [-0.25, -0.2) is 0 Å². The van der Waals surface area contributed by atoms with Gasteiger partial charge in [-0.3, -0.25) is 0 Å². The Bertz CT molecular complexity index is 468. The highest BCUT2D eigenvalue weighted by Crippen LogP contribution is 2.20. The Morgan fingerprint density at radius 1 is 0.778 bits per heavy atom. The molecule has 0 spiro atoms. The number of methoxy groups -OCH3 is 1. The molecule has 0 aliphatic carbocycles. The van der Waals surface area contributed by atoms with Crippen molar-refractivity contribution >= 4 is 0 Å². The van der Waals surface area contributed by atoms with Crippen molar-refractivity contribution in [2.75, 3.05) is 13.7 Å². The molecule has 0 aromatic heterocycles. The largest absolute Gasteiger partial charge is 0.384 e. The Morgan fingerprint density at radius 3 is 1.72 bits per heavy atom. The minimum Gasteiger partial charge on any atom is -0.384 e. The molecule has 0 fully saturated rings. The summed E-state index contributed by atoms with van der Waals surface area (Å²) in [7, 11) is 1.74. The maximum absolute atomic E-state index is 5.09. The van der Waals surface area contributed by atoms with Crippen LogP contribution < -0.4 is 0 Å². The molecule has 2 rings (SSSR count). The predicted molar refractivity (Wildman–Crippen MR) is 76.8 cm³/mol. The summed E-state index contributed by atoms with van der Waals surface area (Å²) in [5, 5.41) is 0. The van der Waals surface area contributed by atoms with Crippen LogP contribution in [0.2, 0.25) is 0 Å². The van der Waals surface area contributed by atoms with E-state index in [-0.39, 0.29) is 0 Å². The minimum atomic E-state index is 0.782. The van der Waals surface area contributed by atoms with Gasteiger partial charge in [0.1, 0.15) is 0 Å². The normalized spacial score (nSPS) is 10.6. The summed E-state index contributed by atoms with van der Waals surface area (Å²) in [5.74, 6) is 0. The van der Waals surface area contributed by atoms with Crippen molar-refractivity contribution in [3.05, 3.63) is 59.7 Å². The first kappa shape index (κ1) is 12.8. The van der Waals surface area contributed by atoms with Crippen LogP contribution in [0.4, 0.5) is 0 Å². The molecule has 1 nitrogen and oxygen atoms in total. The van der Waals surface area contributed by atoms with Gasteiger partial charge in [-0.2, -0.15) is 0 Å². The second kappa shape index (κ2) is 6.36. The van der Waals surface area contributed by atoms with E-state index in [1.807, 2.05) is 0 Å². The van der Waals surface area contributed by atoms with Crippen molar-refractivity contribution in [2.24, 2.45) is 0 Å². The summed E-state index contributed by atoms with van der Waals surface area (Å²) in [6.45, 7) is 2.96. The van der Waals surface area contributed by atoms with Crippen LogP contribution >= 0.6 is 0 Å². The summed E-state index contributed by atoms with van der Waals surface area (Å²) in [6.07, 6.45) is 2.07. The number of hydrogen-bond acceptors (Lipinski definition) is 1. The van der Waals surface area contributed by atoms with Gasteiger partial charge < -0.3 is 4.74 Å². The average Bonchev–Trinajstić information content (AvgIpc) is 2.46. The number of benzene rings is 2. The average molecular weight is 240 g/mol. The Kier molecular flexibility index (Phi) is 4.54. The number of hydrogen-bond donors (Lipinski definition) is 0. The Hall–Kier alpha value is -1.60. The molecule has 0 aliphatic heterocycles. The van der Waals surface area contributed by atoms with Gasteiger partial charge in [0.25, 0.3) is 0 Å². The highest BCUT2D eigenvalue weighted by Gasteiger charge is 1.98. The molecule has 2 aromatic rings. The molecule has 1 heteroatoms. The van der Waals surface area contributed by atoms with E-state index in [0.29, 0.717) is 0 Å². The number of rotatable bonds is 5. The molecular weight excluding hydrogens is 220 g/mol. The molecule has 0 atom stereocenters. The van der Waals surface area contributed by atoms with Crippen molar-refractivity contribution in [2.45, 2.75) is 19.8 Å². The van der Waals surface area contributed by atoms with Gasteiger partial charge in [0.15, 0.2) is 0 Å². The SMILES string of the molecule is CCc1ccc(-c2ccc(CCOC)cc2)cc1. The standard InChI is InChI=1S/C17H20O/c1-3-14-4-8-16(9-5-14)17-10-6-15(7-11-17)12-13-18-2/h4-11H,3,12-13H2,1-2H3. The zero-order valence-corrected chi connectivity index (χ0v) is 11.1. The van der Waals surface area contributed by atoms with Crippen LogP contribution in [0.3, 0.4) is 0 Å². The molecule has 0 unspecified atom stereocenters. The first-order chi connectivity index (χ1) is 8.83. The van der Waals surface area contributed by atoms with Crippen molar-refractivity contribution in [1.82, 2.24) is 0 Å². The summed E-state index contributed by atoms with van der Waals surface area (Å²) in [5.41, 5.74) is 5.27. The summed E-state index contributed by atoms with van der Waals surface area (Å²) in [4.78, 5) is 0. The van der Waals surface area contributed by atoms with Crippen molar-refractivity contribution in [3.63, 3.8) is 0 Å². The molecule has 0 saturated heterocycles. The predicted octanol–water partition coefficient (Wildman–Crippen LogP) is 4.10. The van der Waals surface area contributed by atoms with E-state index in [2.05, 4.69) is 55.5 Å². The van der Waals surface area contributed by atoms with E-state index < -0.39 is 0 Å². The fourth-order valence-corrected chi connectivity index (χ4v) is 2.02.